The Kier molecular flexibility index (Phi) is 7.98. The summed E-state index contributed by atoms with van der Waals surface area (Å²) < 4.78 is 29.3. The van der Waals surface area contributed by atoms with Gasteiger partial charge in [-0.25, -0.2) is 0 Å². The van der Waals surface area contributed by atoms with Gasteiger partial charge in [-0.1, -0.05) is 50.2 Å². The Morgan fingerprint density at radius 2 is 1.51 bits per heavy atom. The summed E-state index contributed by atoms with van der Waals surface area (Å²) in [7, 11) is 3.29. The van der Waals surface area contributed by atoms with E-state index in [-0.39, 0.29) is 6.29 Å². The highest BCUT2D eigenvalue weighted by molar-refractivity contribution is 6.08. The standard InChI is InChI=1S/C30H34O5/c1-6-20(2)22-11-13-24(14-12-22)35-21(3)33-17-18-34-29-25-10-8-7-9-23(25)19-27-26(29)15-16-28(31-4)30(27)32-5/h7-16,19-21H,6,17-18H2,1-5H3. The lowest BCUT2D eigenvalue weighted by atomic mass is 9.99. The molecule has 0 amide bonds. The Hall–Kier alpha value is -3.44. The average molecular weight is 475 g/mol. The van der Waals surface area contributed by atoms with Crippen molar-refractivity contribution in [3.05, 3.63) is 72.3 Å². The van der Waals surface area contributed by atoms with Gasteiger partial charge in [-0.3, -0.25) is 0 Å². The zero-order chi connectivity index (χ0) is 24.8. The quantitative estimate of drug-likeness (QED) is 0.129. The Morgan fingerprint density at radius 1 is 0.743 bits per heavy atom. The predicted molar refractivity (Wildman–Crippen MR) is 141 cm³/mol. The molecular weight excluding hydrogens is 440 g/mol. The van der Waals surface area contributed by atoms with E-state index in [1.165, 1.54) is 5.56 Å². The fraction of sp³-hybridized carbons (Fsp3) is 0.333. The molecule has 2 unspecified atom stereocenters. The predicted octanol–water partition coefficient (Wildman–Crippen LogP) is 7.34. The van der Waals surface area contributed by atoms with Gasteiger partial charge < -0.3 is 23.7 Å². The lowest BCUT2D eigenvalue weighted by Crippen LogP contribution is -2.20. The topological polar surface area (TPSA) is 46.2 Å². The molecule has 4 rings (SSSR count). The Balaban J connectivity index is 1.45. The van der Waals surface area contributed by atoms with Crippen LogP contribution in [-0.2, 0) is 4.74 Å². The molecule has 5 nitrogen and oxygen atoms in total. The largest absolute Gasteiger partial charge is 0.493 e. The maximum Gasteiger partial charge on any atom is 0.197 e. The van der Waals surface area contributed by atoms with Crippen molar-refractivity contribution >= 4 is 21.5 Å². The minimum atomic E-state index is -0.387. The lowest BCUT2D eigenvalue weighted by Gasteiger charge is -2.18. The molecule has 2 atom stereocenters. The third-order valence-electron chi connectivity index (χ3n) is 6.38. The summed E-state index contributed by atoms with van der Waals surface area (Å²) in [6.07, 6.45) is 0.730. The summed E-state index contributed by atoms with van der Waals surface area (Å²) >= 11 is 0. The SMILES string of the molecule is CCC(C)c1ccc(OC(C)OCCOc2c3ccccc3cc3c(OC)c(OC)ccc23)cc1. The molecule has 4 aromatic carbocycles. The van der Waals surface area contributed by atoms with Crippen LogP contribution in [0.25, 0.3) is 21.5 Å². The van der Waals surface area contributed by atoms with Crippen LogP contribution in [0.4, 0.5) is 0 Å². The van der Waals surface area contributed by atoms with Crippen molar-refractivity contribution in [2.24, 2.45) is 0 Å². The smallest absolute Gasteiger partial charge is 0.197 e. The van der Waals surface area contributed by atoms with Crippen LogP contribution in [0, 0.1) is 0 Å². The number of ether oxygens (including phenoxy) is 5. The van der Waals surface area contributed by atoms with E-state index in [0.29, 0.717) is 30.6 Å². The summed E-state index contributed by atoms with van der Waals surface area (Å²) in [6.45, 7) is 7.10. The van der Waals surface area contributed by atoms with E-state index in [2.05, 4.69) is 44.2 Å². The van der Waals surface area contributed by atoms with Crippen LogP contribution in [0.15, 0.2) is 66.7 Å². The van der Waals surface area contributed by atoms with Gasteiger partial charge in [0.05, 0.1) is 20.8 Å². The molecule has 0 saturated carbocycles. The Morgan fingerprint density at radius 3 is 2.23 bits per heavy atom. The first-order chi connectivity index (χ1) is 17.0. The minimum absolute atomic E-state index is 0.387. The van der Waals surface area contributed by atoms with Gasteiger partial charge in [0, 0.05) is 16.2 Å². The van der Waals surface area contributed by atoms with E-state index in [1.807, 2.05) is 43.3 Å². The summed E-state index contributed by atoms with van der Waals surface area (Å²) in [5.74, 6) is 3.52. The van der Waals surface area contributed by atoms with E-state index in [4.69, 9.17) is 23.7 Å². The van der Waals surface area contributed by atoms with Crippen molar-refractivity contribution in [1.82, 2.24) is 0 Å². The molecule has 0 N–H and O–H groups in total. The van der Waals surface area contributed by atoms with Gasteiger partial charge in [0.15, 0.2) is 17.8 Å². The van der Waals surface area contributed by atoms with E-state index in [1.54, 1.807) is 14.2 Å². The number of fused-ring (bicyclic) bond motifs is 2. The second-order valence-corrected chi connectivity index (χ2v) is 8.61. The molecule has 0 heterocycles. The fourth-order valence-corrected chi connectivity index (χ4v) is 4.27. The molecule has 35 heavy (non-hydrogen) atoms. The molecule has 4 aromatic rings. The normalized spacial score (nSPS) is 12.9. The zero-order valence-electron chi connectivity index (χ0n) is 21.2. The molecule has 0 spiro atoms. The summed E-state index contributed by atoms with van der Waals surface area (Å²) in [5.41, 5.74) is 1.32. The lowest BCUT2D eigenvalue weighted by molar-refractivity contribution is -0.0737. The van der Waals surface area contributed by atoms with E-state index in [9.17, 15) is 0 Å². The Bertz CT molecular complexity index is 1270. The van der Waals surface area contributed by atoms with Gasteiger partial charge in [-0.05, 0) is 60.5 Å². The molecule has 0 aromatic heterocycles. The molecule has 5 heteroatoms. The summed E-state index contributed by atoms with van der Waals surface area (Å²) in [6, 6.07) is 22.4. The van der Waals surface area contributed by atoms with Crippen molar-refractivity contribution in [2.75, 3.05) is 27.4 Å². The summed E-state index contributed by atoms with van der Waals surface area (Å²) in [4.78, 5) is 0. The molecule has 0 radical (unpaired) electrons. The first-order valence-electron chi connectivity index (χ1n) is 12.1. The van der Waals surface area contributed by atoms with Gasteiger partial charge in [-0.15, -0.1) is 0 Å². The number of rotatable bonds is 11. The molecule has 0 aliphatic rings. The maximum absolute atomic E-state index is 6.28. The van der Waals surface area contributed by atoms with Gasteiger partial charge >= 0.3 is 0 Å². The van der Waals surface area contributed by atoms with Crippen LogP contribution >= 0.6 is 0 Å². The van der Waals surface area contributed by atoms with E-state index >= 15 is 0 Å². The van der Waals surface area contributed by atoms with Crippen molar-refractivity contribution in [1.29, 1.82) is 0 Å². The maximum atomic E-state index is 6.28. The highest BCUT2D eigenvalue weighted by Crippen LogP contribution is 2.43. The third kappa shape index (κ3) is 5.46. The highest BCUT2D eigenvalue weighted by atomic mass is 16.7. The zero-order valence-corrected chi connectivity index (χ0v) is 21.2. The Labute approximate surface area is 207 Å². The first-order valence-corrected chi connectivity index (χ1v) is 12.1. The number of hydrogen-bond acceptors (Lipinski definition) is 5. The second kappa shape index (κ2) is 11.3. The average Bonchev–Trinajstić information content (AvgIpc) is 2.89. The van der Waals surface area contributed by atoms with Gasteiger partial charge in [0.25, 0.3) is 0 Å². The monoisotopic (exact) mass is 474 g/mol. The molecular formula is C30H34O5. The van der Waals surface area contributed by atoms with Gasteiger partial charge in [0.2, 0.25) is 0 Å². The number of methoxy groups -OCH3 is 2. The van der Waals surface area contributed by atoms with Gasteiger partial charge in [0.1, 0.15) is 18.1 Å². The van der Waals surface area contributed by atoms with Crippen molar-refractivity contribution < 1.29 is 23.7 Å². The molecule has 0 fully saturated rings. The van der Waals surface area contributed by atoms with Crippen LogP contribution in [-0.4, -0.2) is 33.7 Å². The van der Waals surface area contributed by atoms with Crippen molar-refractivity contribution in [3.63, 3.8) is 0 Å². The molecule has 0 aliphatic heterocycles. The third-order valence-corrected chi connectivity index (χ3v) is 6.38. The van der Waals surface area contributed by atoms with Gasteiger partial charge in [-0.2, -0.15) is 0 Å². The molecule has 0 aliphatic carbocycles. The van der Waals surface area contributed by atoms with Crippen molar-refractivity contribution in [2.45, 2.75) is 39.4 Å². The molecule has 184 valence electrons. The minimum Gasteiger partial charge on any atom is -0.493 e. The number of benzene rings is 4. The van der Waals surface area contributed by atoms with Crippen LogP contribution in [0.3, 0.4) is 0 Å². The van der Waals surface area contributed by atoms with Crippen LogP contribution in [0.5, 0.6) is 23.0 Å². The van der Waals surface area contributed by atoms with Crippen molar-refractivity contribution in [3.8, 4) is 23.0 Å². The van der Waals surface area contributed by atoms with E-state index < -0.39 is 0 Å². The van der Waals surface area contributed by atoms with Crippen LogP contribution < -0.4 is 18.9 Å². The van der Waals surface area contributed by atoms with Crippen LogP contribution in [0.2, 0.25) is 0 Å². The summed E-state index contributed by atoms with van der Waals surface area (Å²) in [5, 5.41) is 4.02. The first kappa shape index (κ1) is 24.7. The number of hydrogen-bond donors (Lipinski definition) is 0. The molecule has 0 bridgehead atoms. The van der Waals surface area contributed by atoms with Crippen LogP contribution in [0.1, 0.15) is 38.7 Å². The van der Waals surface area contributed by atoms with E-state index in [0.717, 1.165) is 39.5 Å². The second-order valence-electron chi connectivity index (χ2n) is 8.61. The molecule has 0 saturated heterocycles. The fourth-order valence-electron chi connectivity index (χ4n) is 4.27. The highest BCUT2D eigenvalue weighted by Gasteiger charge is 2.16.